The summed E-state index contributed by atoms with van der Waals surface area (Å²) in [7, 11) is 16.9. The molecule has 4 bridgehead atoms. The summed E-state index contributed by atoms with van der Waals surface area (Å²) in [4.78, 5) is 93.2. The van der Waals surface area contributed by atoms with Crippen LogP contribution in [-0.4, -0.2) is 264 Å². The molecule has 1 spiro atoms. The van der Waals surface area contributed by atoms with Crippen LogP contribution >= 0.6 is 0 Å². The van der Waals surface area contributed by atoms with E-state index in [0.717, 1.165) is 112 Å². The first-order chi connectivity index (χ1) is 61.3. The number of benzene rings is 5. The molecular formula is C99H122N8O20. The number of anilines is 1. The van der Waals surface area contributed by atoms with Crippen molar-refractivity contribution in [3.8, 4) is 34.5 Å². The number of aromatic amines is 2. The number of hydrogen-bond acceptors (Lipinski definition) is 26. The zero-order valence-electron chi connectivity index (χ0n) is 75.4. The Hall–Kier alpha value is -10.3. The van der Waals surface area contributed by atoms with Gasteiger partial charge in [-0.3, -0.25) is 39.0 Å². The number of likely N-dealkylation sites (N-methyl/N-ethyl adjacent to an activating group) is 1. The van der Waals surface area contributed by atoms with Crippen LogP contribution in [0.5, 0.6) is 34.5 Å². The molecule has 8 fully saturated rings. The molecule has 0 unspecified atom stereocenters. The number of aliphatic hydroxyl groups excluding tert-OH is 1. The number of hydrogen-bond donors (Lipinski definition) is 5. The monoisotopic (exact) mass is 1740 g/mol. The van der Waals surface area contributed by atoms with E-state index >= 15 is 4.79 Å². The number of methoxy groups -OCH3 is 10. The van der Waals surface area contributed by atoms with Crippen molar-refractivity contribution in [3.63, 3.8) is 0 Å². The summed E-state index contributed by atoms with van der Waals surface area (Å²) in [5.41, 5.74) is 4.05. The average Bonchev–Trinajstić information content (AvgIpc) is 1.48. The third kappa shape index (κ3) is 14.5. The van der Waals surface area contributed by atoms with Crippen molar-refractivity contribution in [3.05, 3.63) is 167 Å². The third-order valence-corrected chi connectivity index (χ3v) is 31.2. The number of H-pyrrole nitrogens is 2. The zero-order valence-corrected chi connectivity index (χ0v) is 75.4. The van der Waals surface area contributed by atoms with E-state index in [1.54, 1.807) is 46.8 Å². The largest absolute Gasteiger partial charge is 0.497 e. The van der Waals surface area contributed by atoms with Gasteiger partial charge in [-0.2, -0.15) is 0 Å². The summed E-state index contributed by atoms with van der Waals surface area (Å²) in [6.07, 6.45) is 12.5. The van der Waals surface area contributed by atoms with E-state index in [2.05, 4.69) is 77.6 Å². The molecule has 8 aromatic rings. The Morgan fingerprint density at radius 1 is 0.669 bits per heavy atom. The number of piperidine rings is 5. The fourth-order valence-corrected chi connectivity index (χ4v) is 25.7. The SMILES string of the molecule is C=C[C@H]1C[N@]2CC[C@H]1C[C@@H]2[C@@H](O)c1ccnc2ccc(OC)cc12.CC[C@]1(O)C[C@@H]2C[N@@](CCc3c([nH]c4ccccc34)[C@@](C(=O)OC)(c3cc4c(cc3OC)N(C)[C@H]3[C@@](O)(C(=O)OC)[C@H](OC(C)=O)[C@]5(CC)C=CCN6CC[C@]43[C@@H]65)C2)C1.COC(=O)[C@H]1[C@H]2C[C@@H]3c4[nH]c5cc(OC)ccc5c4CCN3C[C@H]2C[C@@H](OC(=O)c2cc(OC)c(OC)c(OC)c2)[C@@H]1OC. The zero-order chi connectivity index (χ0) is 89.7. The van der Waals surface area contributed by atoms with Crippen LogP contribution in [-0.2, 0) is 71.3 Å². The van der Waals surface area contributed by atoms with Crippen molar-refractivity contribution in [1.29, 1.82) is 0 Å². The Morgan fingerprint density at radius 3 is 2.08 bits per heavy atom. The maximum absolute atomic E-state index is 15.3. The molecule has 10 aliphatic heterocycles. The number of fused-ring (bicyclic) bond motifs is 16. The molecule has 3 aromatic heterocycles. The van der Waals surface area contributed by atoms with Crippen LogP contribution in [0, 0.1) is 40.9 Å². The molecule has 5 N–H and O–H groups in total. The van der Waals surface area contributed by atoms with E-state index in [0.29, 0.717) is 118 Å². The number of ether oxygens (including phenoxy) is 12. The molecule has 5 aromatic carbocycles. The second-order valence-corrected chi connectivity index (χ2v) is 36.9. The minimum atomic E-state index is -2.30. The smallest absolute Gasteiger partial charge is 0.344 e. The standard InChI is InChI=1S/C46H58N4O9.C33H40N2O9.C20H24N2O2/c1-8-42(54)23-28-24-45(40(52)57-6,36-30(15-19-49(25-28)26-42)29-13-10-11-14-33(29)47-36)32-21-31-34(22-35(32)56-5)48(4)38-44(31)17-20-50-18-12-16-43(9-2,37(44)50)39(59-27(3)51)46(38,55)41(53)58-7;1-38-19-7-8-20-21-9-10-35-16-18-13-27(44-32(36)17-11-25(39-2)30(41-4)26(12-17)40-3)31(42-5)28(33(37)43-6)22(18)15-24(35)29(21)34-23(20)14-19;1-3-13-12-22-9-7-14(13)10-19(22)20(23)16-6-8-21-18-5-4-15(24-2)11-17(16)18/h10-14,16,21-22,28,37-39,47,54-55H,8-9,15,17-20,23-26H2,1-7H3;7-8,11-12,14,18,22,24,27-28,31,34H,9-10,13,15-16H2,1-6H3;3-6,8,11,13-14,19-20,23H,1,7,9-10,12H2,2H3/t28-,37-,38+,39+,42-,43+,44+,45-,46-;18-,22+,24-,27-,28+,31+;13-,14-,19+,20-/m010/s1. The molecule has 0 radical (unpaired) electrons. The molecule has 2 saturated carbocycles. The topological polar surface area (TPSA) is 317 Å². The van der Waals surface area contributed by atoms with Gasteiger partial charge in [0.15, 0.2) is 17.6 Å². The van der Waals surface area contributed by atoms with Gasteiger partial charge in [-0.25, -0.2) is 9.59 Å². The highest BCUT2D eigenvalue weighted by Crippen LogP contribution is 2.69. The molecule has 13 heterocycles. The lowest BCUT2D eigenvalue weighted by Crippen LogP contribution is -2.81. The third-order valence-electron chi connectivity index (χ3n) is 31.2. The number of nitrogens with one attached hydrogen (secondary N) is 2. The first-order valence-electron chi connectivity index (χ1n) is 44.8. The number of para-hydroxylation sites is 1. The van der Waals surface area contributed by atoms with Crippen LogP contribution in [0.3, 0.4) is 0 Å². The highest BCUT2D eigenvalue weighted by Gasteiger charge is 2.81. The lowest BCUT2D eigenvalue weighted by atomic mass is 9.47. The summed E-state index contributed by atoms with van der Waals surface area (Å²) in [6, 6.07) is 28.3. The molecule has 2 aliphatic carbocycles. The Kier molecular flexibility index (Phi) is 24.4. The van der Waals surface area contributed by atoms with Gasteiger partial charge in [0.05, 0.1) is 105 Å². The van der Waals surface area contributed by atoms with E-state index < -0.39 is 87.7 Å². The number of esters is 5. The number of carbonyl (C=O) groups excluding carboxylic acids is 5. The van der Waals surface area contributed by atoms with Crippen molar-refractivity contribution in [2.75, 3.05) is 142 Å². The number of carbonyl (C=O) groups is 5. The molecule has 678 valence electrons. The van der Waals surface area contributed by atoms with Crippen LogP contribution in [0.2, 0.25) is 0 Å². The van der Waals surface area contributed by atoms with Gasteiger partial charge in [-0.05, 0) is 196 Å². The van der Waals surface area contributed by atoms with Crippen LogP contribution in [0.1, 0.15) is 140 Å². The van der Waals surface area contributed by atoms with Crippen LogP contribution < -0.4 is 33.3 Å². The molecule has 28 heteroatoms. The lowest BCUT2D eigenvalue weighted by molar-refractivity contribution is -0.228. The Morgan fingerprint density at radius 2 is 1.40 bits per heavy atom. The summed E-state index contributed by atoms with van der Waals surface area (Å²) in [5.74, 6) is 0.885. The van der Waals surface area contributed by atoms with E-state index in [1.807, 2.05) is 86.5 Å². The van der Waals surface area contributed by atoms with Gasteiger partial charge in [-0.15, -0.1) is 6.58 Å². The minimum Gasteiger partial charge on any atom is -0.497 e. The molecule has 0 amide bonds. The van der Waals surface area contributed by atoms with Gasteiger partial charge in [0, 0.05) is 158 Å². The highest BCUT2D eigenvalue weighted by atomic mass is 16.6. The van der Waals surface area contributed by atoms with E-state index in [1.165, 1.54) is 72.6 Å². The highest BCUT2D eigenvalue weighted by molar-refractivity contribution is 5.96. The first kappa shape index (κ1) is 88.7. The number of rotatable bonds is 19. The van der Waals surface area contributed by atoms with Crippen molar-refractivity contribution >= 4 is 68.2 Å². The van der Waals surface area contributed by atoms with Gasteiger partial charge < -0.3 is 87.0 Å². The first-order valence-corrected chi connectivity index (χ1v) is 44.8. The van der Waals surface area contributed by atoms with E-state index in [4.69, 9.17) is 56.8 Å². The van der Waals surface area contributed by atoms with Gasteiger partial charge in [-0.1, -0.05) is 50.3 Å². The second-order valence-electron chi connectivity index (χ2n) is 36.9. The quantitative estimate of drug-likeness (QED) is 0.0285. The number of aromatic nitrogens is 3. The van der Waals surface area contributed by atoms with Gasteiger partial charge in [0.2, 0.25) is 11.4 Å². The minimum absolute atomic E-state index is 0.0170. The fraction of sp³-hybridized carbons (Fsp3) is 0.535. The Labute approximate surface area is 741 Å². The molecule has 6 saturated heterocycles. The predicted molar refractivity (Wildman–Crippen MR) is 476 cm³/mol. The van der Waals surface area contributed by atoms with E-state index in [9.17, 15) is 34.5 Å². The maximum atomic E-state index is 15.3. The van der Waals surface area contributed by atoms with E-state index in [-0.39, 0.29) is 47.4 Å². The molecule has 20 rings (SSSR count). The number of nitrogens with zero attached hydrogens (tertiary/aromatic N) is 6. The van der Waals surface area contributed by atoms with Crippen LogP contribution in [0.15, 0.2) is 122 Å². The molecule has 12 aliphatic rings. The normalized spacial score (nSPS) is 31.9. The van der Waals surface area contributed by atoms with Crippen molar-refractivity contribution in [1.82, 2.24) is 34.6 Å². The van der Waals surface area contributed by atoms with Crippen molar-refractivity contribution in [2.45, 2.75) is 162 Å². The average molecular weight is 1740 g/mol. The van der Waals surface area contributed by atoms with Crippen molar-refractivity contribution in [2.24, 2.45) is 40.9 Å². The fourth-order valence-electron chi connectivity index (χ4n) is 25.7. The number of pyridine rings is 1. The van der Waals surface area contributed by atoms with Crippen LogP contribution in [0.4, 0.5) is 5.69 Å². The molecule has 21 atom stereocenters. The van der Waals surface area contributed by atoms with Gasteiger partial charge in [0.1, 0.15) is 34.9 Å². The predicted octanol–water partition coefficient (Wildman–Crippen LogP) is 11.3. The summed E-state index contributed by atoms with van der Waals surface area (Å²) in [6.45, 7) is 16.4. The van der Waals surface area contributed by atoms with Gasteiger partial charge >= 0.3 is 29.8 Å². The summed E-state index contributed by atoms with van der Waals surface area (Å²) in [5, 5.41) is 39.7. The van der Waals surface area contributed by atoms with Crippen LogP contribution in [0.25, 0.3) is 32.7 Å². The molecule has 28 nitrogen and oxygen atoms in total. The maximum Gasteiger partial charge on any atom is 0.344 e. The van der Waals surface area contributed by atoms with Crippen molar-refractivity contribution < 1.29 is 96.1 Å². The summed E-state index contributed by atoms with van der Waals surface area (Å²) < 4.78 is 68.4. The second kappa shape index (κ2) is 34.9. The number of aliphatic hydroxyl groups is 3. The molecular weight excluding hydrogens is 1620 g/mol. The Balaban J connectivity index is 0.000000146. The lowest BCUT2D eigenvalue weighted by Gasteiger charge is -2.63. The summed E-state index contributed by atoms with van der Waals surface area (Å²) >= 11 is 0. The Bertz CT molecular complexity index is 5550. The van der Waals surface area contributed by atoms with Gasteiger partial charge in [0.25, 0.3) is 0 Å². The molecule has 127 heavy (non-hydrogen) atoms.